The molecule has 1 N–H and O–H groups in total. The van der Waals surface area contributed by atoms with Gasteiger partial charge in [-0.1, -0.05) is 48.0 Å². The van der Waals surface area contributed by atoms with Gasteiger partial charge in [-0.15, -0.1) is 0 Å². The summed E-state index contributed by atoms with van der Waals surface area (Å²) >= 11 is 6.66. The number of ether oxygens (including phenoxy) is 2. The lowest BCUT2D eigenvalue weighted by molar-refractivity contribution is 0.0123. The molecule has 188 valence electrons. The first-order valence-electron chi connectivity index (χ1n) is 12.2. The molecule has 35 heavy (non-hydrogen) atoms. The van der Waals surface area contributed by atoms with Crippen LogP contribution in [0.2, 0.25) is 5.02 Å². The maximum Gasteiger partial charge on any atom is 0.410 e. The normalized spacial score (nSPS) is 19.4. The molecule has 2 aliphatic heterocycles. The van der Waals surface area contributed by atoms with E-state index < -0.39 is 11.7 Å². The van der Waals surface area contributed by atoms with E-state index in [4.69, 9.17) is 21.1 Å². The minimum Gasteiger partial charge on any atom is -0.445 e. The van der Waals surface area contributed by atoms with Gasteiger partial charge in [0.1, 0.15) is 12.2 Å². The van der Waals surface area contributed by atoms with Crippen molar-refractivity contribution in [2.45, 2.75) is 64.3 Å². The predicted octanol–water partition coefficient (Wildman–Crippen LogP) is 5.40. The van der Waals surface area contributed by atoms with Crippen LogP contribution in [-0.4, -0.2) is 54.4 Å². The lowest BCUT2D eigenvalue weighted by atomic mass is 10.1. The highest BCUT2D eigenvalue weighted by molar-refractivity contribution is 6.33. The van der Waals surface area contributed by atoms with Crippen LogP contribution in [-0.2, 0) is 22.5 Å². The second-order valence-corrected chi connectivity index (χ2v) is 10.6. The Morgan fingerprint density at radius 3 is 2.34 bits per heavy atom. The van der Waals surface area contributed by atoms with Crippen LogP contribution in [0, 0.1) is 0 Å². The molecule has 0 saturated carbocycles. The van der Waals surface area contributed by atoms with Crippen molar-refractivity contribution in [2.75, 3.05) is 24.5 Å². The number of carbonyl (C=O) groups is 2. The number of benzene rings is 2. The second-order valence-electron chi connectivity index (χ2n) is 10.2. The molecule has 2 bridgehead atoms. The summed E-state index contributed by atoms with van der Waals surface area (Å²) in [6, 6.07) is 15.9. The summed E-state index contributed by atoms with van der Waals surface area (Å²) in [4.78, 5) is 28.9. The largest absolute Gasteiger partial charge is 0.445 e. The van der Waals surface area contributed by atoms with Crippen molar-refractivity contribution in [3.8, 4) is 0 Å². The Morgan fingerprint density at radius 1 is 1.03 bits per heavy atom. The van der Waals surface area contributed by atoms with Crippen LogP contribution in [0.5, 0.6) is 0 Å². The molecule has 2 aromatic rings. The first-order valence-corrected chi connectivity index (χ1v) is 12.6. The number of anilines is 1. The number of alkyl carbamates (subject to hydrolysis) is 1. The van der Waals surface area contributed by atoms with Crippen molar-refractivity contribution in [3.05, 3.63) is 64.7 Å². The molecule has 4 rings (SSSR count). The van der Waals surface area contributed by atoms with Gasteiger partial charge in [-0.05, 0) is 63.3 Å². The fourth-order valence-corrected chi connectivity index (χ4v) is 5.08. The quantitative estimate of drug-likeness (QED) is 0.576. The fraction of sp³-hybridized carbons (Fsp3) is 0.481. The fourth-order valence-electron chi connectivity index (χ4n) is 4.76. The molecule has 8 heteroatoms. The van der Waals surface area contributed by atoms with E-state index >= 15 is 0 Å². The lowest BCUT2D eigenvalue weighted by Gasteiger charge is -2.42. The monoisotopic (exact) mass is 499 g/mol. The van der Waals surface area contributed by atoms with Crippen LogP contribution in [0.3, 0.4) is 0 Å². The molecule has 2 unspecified atom stereocenters. The zero-order chi connectivity index (χ0) is 25.0. The summed E-state index contributed by atoms with van der Waals surface area (Å²) in [6.07, 6.45) is 1.94. The third-order valence-corrected chi connectivity index (χ3v) is 6.64. The number of fused-ring (bicyclic) bond motifs is 2. The van der Waals surface area contributed by atoms with Crippen molar-refractivity contribution in [1.29, 1.82) is 0 Å². The van der Waals surface area contributed by atoms with Crippen molar-refractivity contribution in [2.24, 2.45) is 0 Å². The zero-order valence-electron chi connectivity index (χ0n) is 20.6. The molecule has 2 heterocycles. The van der Waals surface area contributed by atoms with Crippen molar-refractivity contribution >= 4 is 29.5 Å². The maximum absolute atomic E-state index is 12.7. The van der Waals surface area contributed by atoms with Gasteiger partial charge < -0.3 is 19.7 Å². The third-order valence-electron chi connectivity index (χ3n) is 6.34. The molecule has 2 atom stereocenters. The van der Waals surface area contributed by atoms with E-state index in [0.717, 1.165) is 42.7 Å². The van der Waals surface area contributed by atoms with E-state index in [9.17, 15) is 9.59 Å². The number of piperazine rings is 1. The minimum absolute atomic E-state index is 0.130. The molecule has 2 fully saturated rings. The maximum atomic E-state index is 12.7. The Kier molecular flexibility index (Phi) is 7.75. The van der Waals surface area contributed by atoms with E-state index in [1.54, 1.807) is 0 Å². The zero-order valence-corrected chi connectivity index (χ0v) is 21.4. The average Bonchev–Trinajstić information content (AvgIpc) is 3.07. The van der Waals surface area contributed by atoms with Crippen LogP contribution < -0.4 is 10.2 Å². The summed E-state index contributed by atoms with van der Waals surface area (Å²) < 4.78 is 10.9. The highest BCUT2D eigenvalue weighted by Gasteiger charge is 2.44. The highest BCUT2D eigenvalue weighted by Crippen LogP contribution is 2.36. The van der Waals surface area contributed by atoms with Crippen molar-refractivity contribution in [3.63, 3.8) is 0 Å². The Bertz CT molecular complexity index is 1030. The van der Waals surface area contributed by atoms with Gasteiger partial charge in [0.15, 0.2) is 0 Å². The Labute approximate surface area is 212 Å². The highest BCUT2D eigenvalue weighted by atomic mass is 35.5. The van der Waals surface area contributed by atoms with Crippen LogP contribution in [0.4, 0.5) is 15.3 Å². The molecular weight excluding hydrogens is 466 g/mol. The van der Waals surface area contributed by atoms with E-state index in [-0.39, 0.29) is 24.8 Å². The van der Waals surface area contributed by atoms with Gasteiger partial charge >= 0.3 is 12.2 Å². The smallest absolute Gasteiger partial charge is 0.410 e. The van der Waals surface area contributed by atoms with Crippen LogP contribution in [0.25, 0.3) is 0 Å². The van der Waals surface area contributed by atoms with Gasteiger partial charge in [-0.3, -0.25) is 4.90 Å². The standard InChI is InChI=1S/C27H34ClN3O4/c1-27(2,3)35-26(33)31-21-10-11-22(31)17-30(16-21)24-12-9-19(15-23(24)28)13-14-29-25(32)34-18-20-7-5-4-6-8-20/h4-9,12,15,21-22H,10-11,13-14,16-18H2,1-3H3,(H,29,32). The molecule has 2 aromatic carbocycles. The number of carbonyl (C=O) groups excluding carboxylic acids is 2. The molecule has 2 saturated heterocycles. The lowest BCUT2D eigenvalue weighted by Crippen LogP contribution is -2.56. The first kappa shape index (κ1) is 25.2. The number of hydrogen-bond acceptors (Lipinski definition) is 5. The summed E-state index contributed by atoms with van der Waals surface area (Å²) in [5.41, 5.74) is 2.47. The third kappa shape index (κ3) is 6.60. The molecule has 0 aliphatic carbocycles. The van der Waals surface area contributed by atoms with Gasteiger partial charge in [0.2, 0.25) is 0 Å². The van der Waals surface area contributed by atoms with E-state index in [2.05, 4.69) is 10.2 Å². The van der Waals surface area contributed by atoms with E-state index in [1.807, 2.05) is 74.2 Å². The molecule has 0 spiro atoms. The number of rotatable bonds is 6. The molecule has 0 aromatic heterocycles. The summed E-state index contributed by atoms with van der Waals surface area (Å²) in [5.74, 6) is 0. The van der Waals surface area contributed by atoms with Gasteiger partial charge in [0.25, 0.3) is 0 Å². The second kappa shape index (κ2) is 10.8. The Morgan fingerprint density at radius 2 is 1.71 bits per heavy atom. The number of halogens is 1. The molecule has 7 nitrogen and oxygen atoms in total. The van der Waals surface area contributed by atoms with Gasteiger partial charge in [-0.2, -0.15) is 0 Å². The van der Waals surface area contributed by atoms with Crippen molar-refractivity contribution < 1.29 is 19.1 Å². The Hall–Kier alpha value is -2.93. The summed E-state index contributed by atoms with van der Waals surface area (Å²) in [5, 5.41) is 3.47. The van der Waals surface area contributed by atoms with Gasteiger partial charge in [0, 0.05) is 19.6 Å². The summed E-state index contributed by atoms with van der Waals surface area (Å²) in [7, 11) is 0. The number of nitrogens with one attached hydrogen (secondary N) is 1. The number of amides is 2. The minimum atomic E-state index is -0.500. The van der Waals surface area contributed by atoms with Crippen LogP contribution in [0.1, 0.15) is 44.7 Å². The molecular formula is C27H34ClN3O4. The van der Waals surface area contributed by atoms with E-state index in [0.29, 0.717) is 18.0 Å². The summed E-state index contributed by atoms with van der Waals surface area (Å²) in [6.45, 7) is 7.88. The SMILES string of the molecule is CC(C)(C)OC(=O)N1C2CCC1CN(c1ccc(CCNC(=O)OCc3ccccc3)cc1Cl)C2. The molecule has 2 amide bonds. The predicted molar refractivity (Wildman–Crippen MR) is 137 cm³/mol. The molecule has 2 aliphatic rings. The number of hydrogen-bond donors (Lipinski definition) is 1. The van der Waals surface area contributed by atoms with Gasteiger partial charge in [0.05, 0.1) is 22.8 Å². The van der Waals surface area contributed by atoms with Crippen LogP contribution >= 0.6 is 11.6 Å². The molecule has 0 radical (unpaired) electrons. The Balaban J connectivity index is 1.27. The first-order chi connectivity index (χ1) is 16.7. The average molecular weight is 500 g/mol. The van der Waals surface area contributed by atoms with Gasteiger partial charge in [-0.25, -0.2) is 9.59 Å². The van der Waals surface area contributed by atoms with Crippen LogP contribution in [0.15, 0.2) is 48.5 Å². The topological polar surface area (TPSA) is 71.1 Å². The number of nitrogens with zero attached hydrogens (tertiary/aromatic N) is 2. The van der Waals surface area contributed by atoms with E-state index in [1.165, 1.54) is 0 Å². The van der Waals surface area contributed by atoms with Crippen molar-refractivity contribution in [1.82, 2.24) is 10.2 Å².